The molecule has 1 amide bonds. The number of esters is 2. The number of nitrogens with zero attached hydrogens (tertiary/aromatic N) is 1. The Labute approximate surface area is 131 Å². The monoisotopic (exact) mass is 324 g/mol. The van der Waals surface area contributed by atoms with Gasteiger partial charge in [0.1, 0.15) is 0 Å². The second kappa shape index (κ2) is 9.46. The number of hydrogen-bond acceptors (Lipinski definition) is 7. The second-order valence-corrected chi connectivity index (χ2v) is 4.80. The van der Waals surface area contributed by atoms with Crippen LogP contribution in [0.15, 0.2) is 29.7 Å². The van der Waals surface area contributed by atoms with Crippen molar-refractivity contribution >= 4 is 34.3 Å². The van der Waals surface area contributed by atoms with Crippen LogP contribution in [0, 0.1) is 0 Å². The molecule has 1 aromatic heterocycles. The SMILES string of the molecule is C/C=C/C=C/C(=O)OCC(=O)Nc1nc(CC(=O)OC)cs1. The molecule has 0 radical (unpaired) electrons. The molecule has 0 aliphatic rings. The van der Waals surface area contributed by atoms with Gasteiger partial charge in [-0.2, -0.15) is 0 Å². The van der Waals surface area contributed by atoms with Crippen molar-refractivity contribution in [3.63, 3.8) is 0 Å². The lowest BCUT2D eigenvalue weighted by Gasteiger charge is -2.01. The van der Waals surface area contributed by atoms with Crippen molar-refractivity contribution in [2.75, 3.05) is 19.0 Å². The van der Waals surface area contributed by atoms with Gasteiger partial charge in [-0.1, -0.05) is 18.2 Å². The molecule has 8 heteroatoms. The zero-order chi connectivity index (χ0) is 16.4. The highest BCUT2D eigenvalue weighted by atomic mass is 32.1. The maximum atomic E-state index is 11.6. The molecule has 1 N–H and O–H groups in total. The molecule has 1 aromatic rings. The number of hydrogen-bond donors (Lipinski definition) is 1. The number of rotatable bonds is 7. The number of ether oxygens (including phenoxy) is 2. The summed E-state index contributed by atoms with van der Waals surface area (Å²) in [5, 5.41) is 4.44. The summed E-state index contributed by atoms with van der Waals surface area (Å²) in [5.41, 5.74) is 0.499. The number of carbonyl (C=O) groups is 3. The molecule has 1 heterocycles. The molecule has 0 aliphatic carbocycles. The average Bonchev–Trinajstić information content (AvgIpc) is 2.92. The van der Waals surface area contributed by atoms with E-state index in [0.29, 0.717) is 10.8 Å². The van der Waals surface area contributed by atoms with Gasteiger partial charge >= 0.3 is 11.9 Å². The molecule has 118 valence electrons. The highest BCUT2D eigenvalue weighted by Gasteiger charge is 2.11. The van der Waals surface area contributed by atoms with Gasteiger partial charge in [-0.25, -0.2) is 9.78 Å². The molecule has 7 nitrogen and oxygen atoms in total. The molecular formula is C14H16N2O5S. The maximum Gasteiger partial charge on any atom is 0.331 e. The number of carbonyl (C=O) groups excluding carboxylic acids is 3. The van der Waals surface area contributed by atoms with Crippen LogP contribution >= 0.6 is 11.3 Å². The fourth-order valence-corrected chi connectivity index (χ4v) is 1.98. The van der Waals surface area contributed by atoms with Crippen LogP contribution < -0.4 is 5.32 Å². The molecule has 0 aliphatic heterocycles. The highest BCUT2D eigenvalue weighted by molar-refractivity contribution is 7.13. The van der Waals surface area contributed by atoms with Gasteiger partial charge < -0.3 is 9.47 Å². The summed E-state index contributed by atoms with van der Waals surface area (Å²) in [6.07, 6.45) is 6.18. The minimum absolute atomic E-state index is 0.0353. The first-order valence-corrected chi connectivity index (χ1v) is 7.20. The van der Waals surface area contributed by atoms with E-state index in [1.165, 1.54) is 30.6 Å². The van der Waals surface area contributed by atoms with Gasteiger partial charge in [-0.05, 0) is 6.92 Å². The van der Waals surface area contributed by atoms with E-state index in [-0.39, 0.29) is 6.42 Å². The molecule has 1 rings (SSSR count). The molecular weight excluding hydrogens is 308 g/mol. The summed E-state index contributed by atoms with van der Waals surface area (Å²) < 4.78 is 9.26. The summed E-state index contributed by atoms with van der Waals surface area (Å²) >= 11 is 1.17. The fourth-order valence-electron chi connectivity index (χ4n) is 1.25. The first-order valence-electron chi connectivity index (χ1n) is 6.32. The number of nitrogens with one attached hydrogen (secondary N) is 1. The Morgan fingerprint density at radius 2 is 2.14 bits per heavy atom. The number of methoxy groups -OCH3 is 1. The number of anilines is 1. The third-order valence-corrected chi connectivity index (χ3v) is 3.04. The quantitative estimate of drug-likeness (QED) is 0.464. The third kappa shape index (κ3) is 6.80. The molecule has 0 saturated heterocycles. The molecule has 0 spiro atoms. The lowest BCUT2D eigenvalue weighted by atomic mass is 10.3. The third-order valence-electron chi connectivity index (χ3n) is 2.23. The van der Waals surface area contributed by atoms with Gasteiger partial charge in [0.05, 0.1) is 19.2 Å². The van der Waals surface area contributed by atoms with E-state index in [4.69, 9.17) is 4.74 Å². The van der Waals surface area contributed by atoms with Crippen molar-refractivity contribution in [3.8, 4) is 0 Å². The zero-order valence-electron chi connectivity index (χ0n) is 12.2. The van der Waals surface area contributed by atoms with Crippen molar-refractivity contribution in [1.29, 1.82) is 0 Å². The molecule has 0 bridgehead atoms. The Morgan fingerprint density at radius 3 is 2.82 bits per heavy atom. The molecule has 0 aromatic carbocycles. The lowest BCUT2D eigenvalue weighted by Crippen LogP contribution is -2.20. The van der Waals surface area contributed by atoms with Gasteiger partial charge in [0.25, 0.3) is 5.91 Å². The van der Waals surface area contributed by atoms with Gasteiger partial charge in [0.15, 0.2) is 11.7 Å². The predicted octanol–water partition coefficient (Wildman–Crippen LogP) is 1.47. The Balaban J connectivity index is 2.39. The van der Waals surface area contributed by atoms with E-state index in [1.807, 2.05) is 6.92 Å². The number of thiazole rings is 1. The van der Waals surface area contributed by atoms with E-state index in [0.717, 1.165) is 0 Å². The van der Waals surface area contributed by atoms with Gasteiger partial charge in [0.2, 0.25) is 0 Å². The Hall–Kier alpha value is -2.48. The Kier molecular flexibility index (Phi) is 7.55. The predicted molar refractivity (Wildman–Crippen MR) is 81.4 cm³/mol. The molecule has 22 heavy (non-hydrogen) atoms. The van der Waals surface area contributed by atoms with Crippen molar-refractivity contribution < 1.29 is 23.9 Å². The summed E-state index contributed by atoms with van der Waals surface area (Å²) in [5.74, 6) is -1.53. The summed E-state index contributed by atoms with van der Waals surface area (Å²) in [6.45, 7) is 1.40. The Bertz CT molecular complexity index is 592. The topological polar surface area (TPSA) is 94.6 Å². The molecule has 0 atom stereocenters. The minimum Gasteiger partial charge on any atom is -0.469 e. The van der Waals surface area contributed by atoms with Gasteiger partial charge in [0, 0.05) is 11.5 Å². The van der Waals surface area contributed by atoms with Gasteiger partial charge in [-0.15, -0.1) is 11.3 Å². The van der Waals surface area contributed by atoms with E-state index in [2.05, 4.69) is 15.0 Å². The summed E-state index contributed by atoms with van der Waals surface area (Å²) in [6, 6.07) is 0. The maximum absolute atomic E-state index is 11.6. The van der Waals surface area contributed by atoms with Crippen LogP contribution in [0.4, 0.5) is 5.13 Å². The largest absolute Gasteiger partial charge is 0.469 e. The summed E-state index contributed by atoms with van der Waals surface area (Å²) in [4.78, 5) is 38.0. The first-order chi connectivity index (χ1) is 10.5. The van der Waals surface area contributed by atoms with Crippen molar-refractivity contribution in [2.24, 2.45) is 0 Å². The number of amides is 1. The molecule has 0 saturated carbocycles. The smallest absolute Gasteiger partial charge is 0.331 e. The van der Waals surface area contributed by atoms with Crippen LogP contribution in [0.5, 0.6) is 0 Å². The van der Waals surface area contributed by atoms with Crippen LogP contribution in [-0.4, -0.2) is 36.5 Å². The van der Waals surface area contributed by atoms with Crippen molar-refractivity contribution in [1.82, 2.24) is 4.98 Å². The fraction of sp³-hybridized carbons (Fsp3) is 0.286. The summed E-state index contributed by atoms with van der Waals surface area (Å²) in [7, 11) is 1.29. The lowest BCUT2D eigenvalue weighted by molar-refractivity contribution is -0.142. The number of allylic oxidation sites excluding steroid dienone is 3. The second-order valence-electron chi connectivity index (χ2n) is 3.94. The van der Waals surface area contributed by atoms with Crippen LogP contribution in [0.25, 0.3) is 0 Å². The zero-order valence-corrected chi connectivity index (χ0v) is 13.0. The van der Waals surface area contributed by atoms with E-state index in [9.17, 15) is 14.4 Å². The van der Waals surface area contributed by atoms with Crippen molar-refractivity contribution in [2.45, 2.75) is 13.3 Å². The minimum atomic E-state index is -0.612. The standard InChI is InChI=1S/C14H16N2O5S/c1-3-4-5-6-12(18)21-8-11(17)16-14-15-10(9-22-14)7-13(19)20-2/h3-6,9H,7-8H2,1-2H3,(H,15,16,17)/b4-3+,6-5+. The number of aromatic nitrogens is 1. The van der Waals surface area contributed by atoms with Gasteiger partial charge in [-0.3, -0.25) is 14.9 Å². The highest BCUT2D eigenvalue weighted by Crippen LogP contribution is 2.15. The molecule has 0 fully saturated rings. The van der Waals surface area contributed by atoms with Crippen molar-refractivity contribution in [3.05, 3.63) is 35.4 Å². The Morgan fingerprint density at radius 1 is 1.36 bits per heavy atom. The van der Waals surface area contributed by atoms with Crippen LogP contribution in [0.2, 0.25) is 0 Å². The molecule has 0 unspecified atom stereocenters. The first kappa shape index (κ1) is 17.6. The van der Waals surface area contributed by atoms with Crippen LogP contribution in [0.3, 0.4) is 0 Å². The van der Waals surface area contributed by atoms with Crippen LogP contribution in [-0.2, 0) is 30.3 Å². The van der Waals surface area contributed by atoms with E-state index >= 15 is 0 Å². The van der Waals surface area contributed by atoms with Crippen LogP contribution in [0.1, 0.15) is 12.6 Å². The van der Waals surface area contributed by atoms with E-state index < -0.39 is 24.5 Å². The average molecular weight is 324 g/mol. The normalized spacial score (nSPS) is 10.8. The van der Waals surface area contributed by atoms with E-state index in [1.54, 1.807) is 17.5 Å².